The molecular weight excluding hydrogens is 254 g/mol. The highest BCUT2D eigenvalue weighted by molar-refractivity contribution is 5.44. The summed E-state index contributed by atoms with van der Waals surface area (Å²) in [6.45, 7) is 11.3. The molecule has 0 radical (unpaired) electrons. The van der Waals surface area contributed by atoms with Crippen LogP contribution < -0.4 is 9.47 Å². The molecule has 0 aromatic heterocycles. The fourth-order valence-corrected chi connectivity index (χ4v) is 2.85. The lowest BCUT2D eigenvalue weighted by Gasteiger charge is -2.41. The number of rotatable bonds is 5. The summed E-state index contributed by atoms with van der Waals surface area (Å²) in [4.78, 5) is 2.26. The Morgan fingerprint density at radius 3 is 2.35 bits per heavy atom. The zero-order valence-corrected chi connectivity index (χ0v) is 12.8. The van der Waals surface area contributed by atoms with Crippen LogP contribution in [0.25, 0.3) is 0 Å². The van der Waals surface area contributed by atoms with E-state index in [1.54, 1.807) is 0 Å². The second-order valence-corrected chi connectivity index (χ2v) is 5.63. The molecule has 112 valence electrons. The van der Waals surface area contributed by atoms with E-state index in [4.69, 9.17) is 9.47 Å². The van der Waals surface area contributed by atoms with Crippen molar-refractivity contribution in [3.05, 3.63) is 23.8 Å². The predicted molar refractivity (Wildman–Crippen MR) is 79.4 cm³/mol. The Balaban J connectivity index is 2.26. The zero-order chi connectivity index (χ0) is 14.8. The number of nitrogens with zero attached hydrogens (tertiary/aromatic N) is 1. The van der Waals surface area contributed by atoms with E-state index in [1.807, 2.05) is 18.2 Å². The minimum atomic E-state index is -0.571. The molecule has 20 heavy (non-hydrogen) atoms. The second-order valence-electron chi connectivity index (χ2n) is 5.63. The lowest BCUT2D eigenvalue weighted by Crippen LogP contribution is -2.48. The normalized spacial score (nSPS) is 16.3. The maximum Gasteiger partial charge on any atom is 0.161 e. The van der Waals surface area contributed by atoms with E-state index in [-0.39, 0.29) is 5.54 Å². The molecule has 0 amide bonds. The monoisotopic (exact) mass is 279 g/mol. The molecule has 1 N–H and O–H groups in total. The summed E-state index contributed by atoms with van der Waals surface area (Å²) >= 11 is 0. The quantitative estimate of drug-likeness (QED) is 0.899. The van der Waals surface area contributed by atoms with Gasteiger partial charge in [0.25, 0.3) is 0 Å². The van der Waals surface area contributed by atoms with Crippen LogP contribution >= 0.6 is 0 Å². The average Bonchev–Trinajstić information content (AvgIpc) is 2.47. The molecule has 4 heteroatoms. The smallest absolute Gasteiger partial charge is 0.161 e. The van der Waals surface area contributed by atoms with E-state index >= 15 is 0 Å². The zero-order valence-electron chi connectivity index (χ0n) is 12.8. The Morgan fingerprint density at radius 2 is 1.75 bits per heavy atom. The number of hydrogen-bond acceptors (Lipinski definition) is 4. The molecule has 1 unspecified atom stereocenters. The van der Waals surface area contributed by atoms with Crippen molar-refractivity contribution in [3.8, 4) is 11.5 Å². The molecule has 4 nitrogen and oxygen atoms in total. The van der Waals surface area contributed by atoms with Crippen molar-refractivity contribution in [1.82, 2.24) is 4.90 Å². The van der Waals surface area contributed by atoms with Gasteiger partial charge in [-0.15, -0.1) is 0 Å². The minimum absolute atomic E-state index is 0.326. The minimum Gasteiger partial charge on any atom is -0.486 e. The highest BCUT2D eigenvalue weighted by atomic mass is 16.6. The molecule has 1 aromatic carbocycles. The van der Waals surface area contributed by atoms with Gasteiger partial charge in [0.05, 0.1) is 6.10 Å². The molecular formula is C16H25NO3. The number of hydrogen-bond donors (Lipinski definition) is 1. The third-order valence-corrected chi connectivity index (χ3v) is 4.13. The maximum absolute atomic E-state index is 10.7. The summed E-state index contributed by atoms with van der Waals surface area (Å²) < 4.78 is 11.1. The second kappa shape index (κ2) is 6.02. The van der Waals surface area contributed by atoms with E-state index in [1.165, 1.54) is 0 Å². The Bertz CT molecular complexity index is 455. The van der Waals surface area contributed by atoms with E-state index in [0.717, 1.165) is 30.2 Å². The summed E-state index contributed by atoms with van der Waals surface area (Å²) in [6, 6.07) is 5.69. The fraction of sp³-hybridized carbons (Fsp3) is 0.625. The van der Waals surface area contributed by atoms with Crippen molar-refractivity contribution in [1.29, 1.82) is 0 Å². The van der Waals surface area contributed by atoms with Gasteiger partial charge in [0.15, 0.2) is 11.5 Å². The average molecular weight is 279 g/mol. The third-order valence-electron chi connectivity index (χ3n) is 4.13. The largest absolute Gasteiger partial charge is 0.486 e. The maximum atomic E-state index is 10.7. The van der Waals surface area contributed by atoms with Gasteiger partial charge in [0.1, 0.15) is 13.2 Å². The number of aliphatic hydroxyl groups excluding tert-OH is 1. The number of likely N-dealkylation sites (N-methyl/N-ethyl adjacent to an activating group) is 1. The van der Waals surface area contributed by atoms with Crippen LogP contribution in [0.15, 0.2) is 18.2 Å². The summed E-state index contributed by atoms with van der Waals surface area (Å²) in [5.41, 5.74) is 0.541. The van der Waals surface area contributed by atoms with Crippen LogP contribution in [-0.2, 0) is 0 Å². The third kappa shape index (κ3) is 2.76. The first-order valence-electron chi connectivity index (χ1n) is 7.33. The van der Waals surface area contributed by atoms with Gasteiger partial charge >= 0.3 is 0 Å². The van der Waals surface area contributed by atoms with Crippen LogP contribution in [0.4, 0.5) is 0 Å². The van der Waals surface area contributed by atoms with Crippen LogP contribution in [-0.4, -0.2) is 41.8 Å². The Morgan fingerprint density at radius 1 is 1.15 bits per heavy atom. The molecule has 1 aliphatic heterocycles. The fourth-order valence-electron chi connectivity index (χ4n) is 2.85. The van der Waals surface area contributed by atoms with Gasteiger partial charge in [-0.3, -0.25) is 4.90 Å². The Kier molecular flexibility index (Phi) is 4.55. The molecule has 0 bridgehead atoms. The standard InChI is InChI=1S/C16H25NO3/c1-5-17(6-2)16(3,4)15(18)12-7-8-13-14(11-12)20-10-9-19-13/h7-8,11,15,18H,5-6,9-10H2,1-4H3. The molecule has 0 spiro atoms. The van der Waals surface area contributed by atoms with Crippen molar-refractivity contribution in [3.63, 3.8) is 0 Å². The number of fused-ring (bicyclic) bond motifs is 1. The van der Waals surface area contributed by atoms with Crippen molar-refractivity contribution >= 4 is 0 Å². The molecule has 0 saturated carbocycles. The first-order chi connectivity index (χ1) is 9.50. The van der Waals surface area contributed by atoms with Crippen LogP contribution in [0, 0.1) is 0 Å². The van der Waals surface area contributed by atoms with Crippen LogP contribution in [0.5, 0.6) is 11.5 Å². The van der Waals surface area contributed by atoms with E-state index in [0.29, 0.717) is 13.2 Å². The predicted octanol–water partition coefficient (Wildman–Crippen LogP) is 2.61. The summed E-state index contributed by atoms with van der Waals surface area (Å²) in [5, 5.41) is 10.7. The van der Waals surface area contributed by atoms with Crippen LogP contribution in [0.1, 0.15) is 39.4 Å². The van der Waals surface area contributed by atoms with Crippen molar-refractivity contribution < 1.29 is 14.6 Å². The lowest BCUT2D eigenvalue weighted by atomic mass is 9.89. The number of ether oxygens (including phenoxy) is 2. The molecule has 1 aliphatic rings. The summed E-state index contributed by atoms with van der Waals surface area (Å²) in [6.07, 6.45) is -0.571. The summed E-state index contributed by atoms with van der Waals surface area (Å²) in [7, 11) is 0. The molecule has 1 heterocycles. The topological polar surface area (TPSA) is 41.9 Å². The van der Waals surface area contributed by atoms with Crippen LogP contribution in [0.2, 0.25) is 0 Å². The Labute approximate surface area is 121 Å². The molecule has 0 aliphatic carbocycles. The lowest BCUT2D eigenvalue weighted by molar-refractivity contribution is -0.00649. The van der Waals surface area contributed by atoms with Gasteiger partial charge in [-0.2, -0.15) is 0 Å². The van der Waals surface area contributed by atoms with Gasteiger partial charge in [-0.25, -0.2) is 0 Å². The highest BCUT2D eigenvalue weighted by Crippen LogP contribution is 2.37. The van der Waals surface area contributed by atoms with Gasteiger partial charge in [-0.1, -0.05) is 19.9 Å². The molecule has 1 atom stereocenters. The van der Waals surface area contributed by atoms with Gasteiger partial charge < -0.3 is 14.6 Å². The first-order valence-corrected chi connectivity index (χ1v) is 7.33. The van der Waals surface area contributed by atoms with Gasteiger partial charge in [0.2, 0.25) is 0 Å². The summed E-state index contributed by atoms with van der Waals surface area (Å²) in [5.74, 6) is 1.48. The van der Waals surface area contributed by atoms with Crippen LogP contribution in [0.3, 0.4) is 0 Å². The van der Waals surface area contributed by atoms with Gasteiger partial charge in [0, 0.05) is 5.54 Å². The SMILES string of the molecule is CCN(CC)C(C)(C)C(O)c1ccc2c(c1)OCCO2. The van der Waals surface area contributed by atoms with Crippen molar-refractivity contribution in [2.45, 2.75) is 39.3 Å². The first kappa shape index (κ1) is 15.1. The number of benzene rings is 1. The van der Waals surface area contributed by atoms with Crippen molar-refractivity contribution in [2.24, 2.45) is 0 Å². The van der Waals surface area contributed by atoms with Gasteiger partial charge in [-0.05, 0) is 44.6 Å². The van der Waals surface area contributed by atoms with E-state index < -0.39 is 6.10 Å². The molecule has 1 aromatic rings. The van der Waals surface area contributed by atoms with Crippen molar-refractivity contribution in [2.75, 3.05) is 26.3 Å². The van der Waals surface area contributed by atoms with E-state index in [2.05, 4.69) is 32.6 Å². The molecule has 2 rings (SSSR count). The Hall–Kier alpha value is -1.26. The molecule has 0 saturated heterocycles. The van der Waals surface area contributed by atoms with E-state index in [9.17, 15) is 5.11 Å². The highest BCUT2D eigenvalue weighted by Gasteiger charge is 2.34. The molecule has 0 fully saturated rings. The number of aliphatic hydroxyl groups is 1.